The Bertz CT molecular complexity index is 749. The molecule has 1 N–H and O–H groups in total. The van der Waals surface area contributed by atoms with Gasteiger partial charge in [-0.1, -0.05) is 24.3 Å². The van der Waals surface area contributed by atoms with Gasteiger partial charge < -0.3 is 10.1 Å². The summed E-state index contributed by atoms with van der Waals surface area (Å²) >= 11 is 0. The summed E-state index contributed by atoms with van der Waals surface area (Å²) in [6.07, 6.45) is -0.798. The van der Waals surface area contributed by atoms with Gasteiger partial charge in [0.1, 0.15) is 10.7 Å². The van der Waals surface area contributed by atoms with E-state index in [2.05, 4.69) is 10.1 Å². The molecule has 0 atom stereocenters. The lowest BCUT2D eigenvalue weighted by Crippen LogP contribution is -2.39. The van der Waals surface area contributed by atoms with Gasteiger partial charge in [-0.2, -0.15) is 0 Å². The number of alkyl halides is 3. The first-order valence-corrected chi connectivity index (χ1v) is 8.08. The molecule has 0 radical (unpaired) electrons. The molecule has 1 aliphatic rings. The lowest BCUT2D eigenvalue weighted by Gasteiger charge is -2.14. The molecule has 1 aromatic rings. The number of sulfone groups is 1. The van der Waals surface area contributed by atoms with E-state index in [-0.39, 0.29) is 23.0 Å². The molecule has 1 fully saturated rings. The van der Waals surface area contributed by atoms with E-state index >= 15 is 0 Å². The highest BCUT2D eigenvalue weighted by Gasteiger charge is 2.31. The summed E-state index contributed by atoms with van der Waals surface area (Å²) in [5, 5.41) is 2.42. The van der Waals surface area contributed by atoms with E-state index in [4.69, 9.17) is 0 Å². The van der Waals surface area contributed by atoms with E-state index in [1.165, 1.54) is 24.3 Å². The summed E-state index contributed by atoms with van der Waals surface area (Å²) in [5.74, 6) is -1.20. The van der Waals surface area contributed by atoms with Crippen LogP contribution < -0.4 is 10.1 Å². The standard InChI is InChI=1S/C14H12F3NO4S/c15-14(16,17)22-11-6-4-10(5-7-11)2-1-3-12-13(19)18-8-9-23(12,20)21/h1-7H,8-9H2,(H,18,19)/b2-1+,12-3+. The molecular weight excluding hydrogens is 335 g/mol. The van der Waals surface area contributed by atoms with Gasteiger partial charge in [-0.05, 0) is 23.8 Å². The number of hydrogen-bond donors (Lipinski definition) is 1. The van der Waals surface area contributed by atoms with Crippen LogP contribution in [0.5, 0.6) is 5.75 Å². The van der Waals surface area contributed by atoms with Crippen LogP contribution in [0.2, 0.25) is 0 Å². The molecule has 124 valence electrons. The van der Waals surface area contributed by atoms with Gasteiger partial charge >= 0.3 is 6.36 Å². The number of ether oxygens (including phenoxy) is 1. The molecule has 0 bridgehead atoms. The minimum absolute atomic E-state index is 0.0723. The summed E-state index contributed by atoms with van der Waals surface area (Å²) in [5.41, 5.74) is 0.519. The third kappa shape index (κ3) is 4.85. The Kier molecular flexibility index (Phi) is 4.79. The fourth-order valence-electron chi connectivity index (χ4n) is 1.84. The number of nitrogens with one attached hydrogen (secondary N) is 1. The highest BCUT2D eigenvalue weighted by Crippen LogP contribution is 2.23. The van der Waals surface area contributed by atoms with Crippen molar-refractivity contribution in [2.45, 2.75) is 6.36 Å². The third-order valence-corrected chi connectivity index (χ3v) is 4.60. The number of hydrogen-bond acceptors (Lipinski definition) is 4. The van der Waals surface area contributed by atoms with Crippen LogP contribution in [0.1, 0.15) is 5.56 Å². The second kappa shape index (κ2) is 6.45. The molecule has 1 saturated heterocycles. The third-order valence-electron chi connectivity index (χ3n) is 2.87. The molecule has 0 unspecified atom stereocenters. The van der Waals surface area contributed by atoms with Crippen molar-refractivity contribution in [3.05, 3.63) is 46.9 Å². The summed E-state index contributed by atoms with van der Waals surface area (Å²) in [6, 6.07) is 4.99. The van der Waals surface area contributed by atoms with Gasteiger partial charge in [-0.15, -0.1) is 13.2 Å². The van der Waals surface area contributed by atoms with Crippen molar-refractivity contribution in [1.29, 1.82) is 0 Å². The molecule has 1 aliphatic heterocycles. The topological polar surface area (TPSA) is 72.5 Å². The van der Waals surface area contributed by atoms with Crippen LogP contribution in [0.25, 0.3) is 6.08 Å². The zero-order valence-corrected chi connectivity index (χ0v) is 12.4. The lowest BCUT2D eigenvalue weighted by atomic mass is 10.2. The van der Waals surface area contributed by atoms with Crippen LogP contribution in [0, 0.1) is 0 Å². The largest absolute Gasteiger partial charge is 0.573 e. The summed E-state index contributed by atoms with van der Waals surface area (Å²) < 4.78 is 63.2. The first kappa shape index (κ1) is 17.1. The van der Waals surface area contributed by atoms with Gasteiger partial charge in [0.05, 0.1) is 5.75 Å². The summed E-state index contributed by atoms with van der Waals surface area (Å²) in [4.78, 5) is 11.2. The molecule has 1 aromatic carbocycles. The predicted molar refractivity (Wildman–Crippen MR) is 77.0 cm³/mol. The zero-order chi connectivity index (χ0) is 17.1. The van der Waals surface area contributed by atoms with Crippen LogP contribution in [-0.2, 0) is 14.6 Å². The van der Waals surface area contributed by atoms with Gasteiger partial charge in [0.15, 0.2) is 9.84 Å². The number of carbonyl (C=O) groups is 1. The Morgan fingerprint density at radius 3 is 2.39 bits per heavy atom. The first-order valence-electron chi connectivity index (χ1n) is 6.42. The van der Waals surface area contributed by atoms with Crippen LogP contribution in [-0.4, -0.2) is 33.0 Å². The van der Waals surface area contributed by atoms with Crippen LogP contribution in [0.3, 0.4) is 0 Å². The average molecular weight is 347 g/mol. The molecule has 0 aliphatic carbocycles. The van der Waals surface area contributed by atoms with Crippen molar-refractivity contribution < 1.29 is 31.1 Å². The van der Waals surface area contributed by atoms with Crippen molar-refractivity contribution in [3.63, 3.8) is 0 Å². The van der Waals surface area contributed by atoms with Crippen LogP contribution in [0.4, 0.5) is 13.2 Å². The SMILES string of the molecule is O=C1NCCS(=O)(=O)/C1=C/C=C/c1ccc(OC(F)(F)F)cc1. The van der Waals surface area contributed by atoms with E-state index in [1.54, 1.807) is 0 Å². The van der Waals surface area contributed by atoms with Crippen LogP contribution in [0.15, 0.2) is 41.3 Å². The van der Waals surface area contributed by atoms with E-state index in [0.29, 0.717) is 5.56 Å². The molecule has 0 spiro atoms. The number of amides is 1. The van der Waals surface area contributed by atoms with Gasteiger partial charge in [0.2, 0.25) is 0 Å². The second-order valence-corrected chi connectivity index (χ2v) is 6.66. The van der Waals surface area contributed by atoms with Gasteiger partial charge in [0.25, 0.3) is 5.91 Å². The molecule has 23 heavy (non-hydrogen) atoms. The molecular formula is C14H12F3NO4S. The van der Waals surface area contributed by atoms with Crippen molar-refractivity contribution in [3.8, 4) is 5.75 Å². The quantitative estimate of drug-likeness (QED) is 0.849. The normalized spacial score (nSPS) is 19.8. The minimum atomic E-state index is -4.76. The maximum Gasteiger partial charge on any atom is 0.573 e. The monoisotopic (exact) mass is 347 g/mol. The highest BCUT2D eigenvalue weighted by molar-refractivity contribution is 7.96. The van der Waals surface area contributed by atoms with Crippen molar-refractivity contribution in [2.24, 2.45) is 0 Å². The van der Waals surface area contributed by atoms with Crippen molar-refractivity contribution >= 4 is 21.8 Å². The van der Waals surface area contributed by atoms with E-state index < -0.39 is 22.1 Å². The number of carbonyl (C=O) groups excluding carboxylic acids is 1. The Hall–Kier alpha value is -2.29. The molecule has 9 heteroatoms. The second-order valence-electron chi connectivity index (χ2n) is 4.58. The molecule has 1 heterocycles. The van der Waals surface area contributed by atoms with Crippen LogP contribution >= 0.6 is 0 Å². The van der Waals surface area contributed by atoms with Crippen molar-refractivity contribution in [2.75, 3.05) is 12.3 Å². The predicted octanol–water partition coefficient (Wildman–Crippen LogP) is 2.03. The summed E-state index contributed by atoms with van der Waals surface area (Å²) in [7, 11) is -3.60. The Morgan fingerprint density at radius 1 is 1.17 bits per heavy atom. The van der Waals surface area contributed by atoms with Gasteiger partial charge in [-0.25, -0.2) is 8.42 Å². The Labute approximate surface area is 130 Å². The Balaban J connectivity index is 2.11. The number of rotatable bonds is 3. The molecule has 5 nitrogen and oxygen atoms in total. The number of allylic oxidation sites excluding steroid dienone is 2. The smallest absolute Gasteiger partial charge is 0.406 e. The molecule has 1 amide bonds. The fraction of sp³-hybridized carbons (Fsp3) is 0.214. The maximum atomic E-state index is 12.0. The average Bonchev–Trinajstić information content (AvgIpc) is 2.42. The Morgan fingerprint density at radius 2 is 1.83 bits per heavy atom. The van der Waals surface area contributed by atoms with Crippen molar-refractivity contribution in [1.82, 2.24) is 5.32 Å². The number of benzene rings is 1. The first-order chi connectivity index (χ1) is 10.7. The van der Waals surface area contributed by atoms with E-state index in [1.807, 2.05) is 0 Å². The lowest BCUT2D eigenvalue weighted by molar-refractivity contribution is -0.274. The van der Waals surface area contributed by atoms with Gasteiger partial charge in [-0.3, -0.25) is 4.79 Å². The van der Waals surface area contributed by atoms with Gasteiger partial charge in [0, 0.05) is 6.54 Å². The maximum absolute atomic E-state index is 12.0. The minimum Gasteiger partial charge on any atom is -0.406 e. The van der Waals surface area contributed by atoms with E-state index in [0.717, 1.165) is 18.2 Å². The molecule has 0 saturated carbocycles. The fourth-order valence-corrected chi connectivity index (χ4v) is 3.08. The zero-order valence-electron chi connectivity index (χ0n) is 11.6. The molecule has 2 rings (SSSR count). The highest BCUT2D eigenvalue weighted by atomic mass is 32.2. The number of halogens is 3. The van der Waals surface area contributed by atoms with E-state index in [9.17, 15) is 26.4 Å². The molecule has 0 aromatic heterocycles. The summed E-state index contributed by atoms with van der Waals surface area (Å²) in [6.45, 7) is 0.0723.